The Labute approximate surface area is 118 Å². The van der Waals surface area contributed by atoms with E-state index in [1.54, 1.807) is 12.3 Å². The summed E-state index contributed by atoms with van der Waals surface area (Å²) >= 11 is 5.60. The molecule has 0 aromatic carbocycles. The molecular formula is C13H11ClF3N3. The minimum Gasteiger partial charge on any atom is -0.261 e. The van der Waals surface area contributed by atoms with Crippen molar-refractivity contribution >= 4 is 11.6 Å². The molecule has 0 bridgehead atoms. The van der Waals surface area contributed by atoms with Gasteiger partial charge in [0.2, 0.25) is 5.82 Å². The van der Waals surface area contributed by atoms with E-state index in [1.165, 1.54) is 6.07 Å². The fourth-order valence-corrected chi connectivity index (χ4v) is 1.84. The zero-order valence-corrected chi connectivity index (χ0v) is 11.3. The summed E-state index contributed by atoms with van der Waals surface area (Å²) in [6.45, 7) is 2.00. The fourth-order valence-electron chi connectivity index (χ4n) is 1.64. The van der Waals surface area contributed by atoms with Gasteiger partial charge >= 0.3 is 6.18 Å². The zero-order chi connectivity index (χ0) is 14.8. The molecule has 0 saturated carbocycles. The molecule has 2 aromatic rings. The maximum Gasteiger partial charge on any atom is 0.451 e. The van der Waals surface area contributed by atoms with Gasteiger partial charge < -0.3 is 0 Å². The van der Waals surface area contributed by atoms with Crippen LogP contribution in [0.3, 0.4) is 0 Å². The Morgan fingerprint density at radius 2 is 1.90 bits per heavy atom. The van der Waals surface area contributed by atoms with Crippen LogP contribution in [-0.2, 0) is 19.0 Å². The highest BCUT2D eigenvalue weighted by molar-refractivity contribution is 6.29. The maximum atomic E-state index is 12.6. The molecular weight excluding hydrogens is 291 g/mol. The van der Waals surface area contributed by atoms with E-state index in [1.807, 2.05) is 13.0 Å². The number of alkyl halides is 3. The monoisotopic (exact) mass is 301 g/mol. The van der Waals surface area contributed by atoms with Gasteiger partial charge in [0.15, 0.2) is 0 Å². The van der Waals surface area contributed by atoms with E-state index < -0.39 is 12.0 Å². The molecule has 2 heterocycles. The smallest absolute Gasteiger partial charge is 0.261 e. The van der Waals surface area contributed by atoms with Gasteiger partial charge in [0, 0.05) is 18.3 Å². The molecule has 0 aliphatic carbocycles. The lowest BCUT2D eigenvalue weighted by molar-refractivity contribution is -0.145. The average Bonchev–Trinajstić information content (AvgIpc) is 2.38. The molecule has 0 atom stereocenters. The summed E-state index contributed by atoms with van der Waals surface area (Å²) in [6, 6.07) is 4.96. The highest BCUT2D eigenvalue weighted by atomic mass is 35.5. The third-order valence-corrected chi connectivity index (χ3v) is 2.85. The van der Waals surface area contributed by atoms with Gasteiger partial charge in [0.05, 0.1) is 5.69 Å². The first-order valence-corrected chi connectivity index (χ1v) is 6.30. The van der Waals surface area contributed by atoms with E-state index in [4.69, 9.17) is 11.6 Å². The Morgan fingerprint density at radius 3 is 2.45 bits per heavy atom. The van der Waals surface area contributed by atoms with Crippen molar-refractivity contribution < 1.29 is 13.2 Å². The summed E-state index contributed by atoms with van der Waals surface area (Å²) in [4.78, 5) is 10.8. The van der Waals surface area contributed by atoms with Gasteiger partial charge in [0.1, 0.15) is 5.15 Å². The first-order chi connectivity index (χ1) is 9.38. The van der Waals surface area contributed by atoms with E-state index in [2.05, 4.69) is 15.0 Å². The molecule has 0 saturated heterocycles. The molecule has 20 heavy (non-hydrogen) atoms. The summed E-state index contributed by atoms with van der Waals surface area (Å²) in [5, 5.41) is -0.229. The predicted octanol–water partition coefficient (Wildman–Crippen LogP) is 3.70. The molecule has 0 spiro atoms. The van der Waals surface area contributed by atoms with Crippen LogP contribution in [0, 0.1) is 0 Å². The molecule has 0 fully saturated rings. The van der Waals surface area contributed by atoms with E-state index in [9.17, 15) is 13.2 Å². The van der Waals surface area contributed by atoms with Crippen molar-refractivity contribution in [3.8, 4) is 0 Å². The second kappa shape index (κ2) is 5.75. The van der Waals surface area contributed by atoms with E-state index in [-0.39, 0.29) is 17.3 Å². The highest BCUT2D eigenvalue weighted by Crippen LogP contribution is 2.27. The van der Waals surface area contributed by atoms with Crippen LogP contribution in [0.15, 0.2) is 24.4 Å². The van der Waals surface area contributed by atoms with Crippen molar-refractivity contribution in [3.05, 3.63) is 52.3 Å². The standard InChI is InChI=1S/C13H11ClF3N3/c1-2-8-3-4-9(18-7-8)5-10-6-11(14)20-12(19-10)13(15,16)17/h3-4,6-7H,2,5H2,1H3. The van der Waals surface area contributed by atoms with Gasteiger partial charge in [-0.15, -0.1) is 0 Å². The van der Waals surface area contributed by atoms with Crippen molar-refractivity contribution in [2.45, 2.75) is 25.9 Å². The summed E-state index contributed by atoms with van der Waals surface area (Å²) in [7, 11) is 0. The second-order valence-electron chi connectivity index (χ2n) is 4.19. The number of hydrogen-bond acceptors (Lipinski definition) is 3. The summed E-state index contributed by atoms with van der Waals surface area (Å²) in [5.41, 5.74) is 1.88. The minimum atomic E-state index is -4.61. The zero-order valence-electron chi connectivity index (χ0n) is 10.6. The topological polar surface area (TPSA) is 38.7 Å². The lowest BCUT2D eigenvalue weighted by atomic mass is 10.1. The van der Waals surface area contributed by atoms with Gasteiger partial charge in [-0.05, 0) is 24.1 Å². The quantitative estimate of drug-likeness (QED) is 0.811. The van der Waals surface area contributed by atoms with E-state index in [0.29, 0.717) is 5.69 Å². The van der Waals surface area contributed by atoms with E-state index in [0.717, 1.165) is 12.0 Å². The van der Waals surface area contributed by atoms with Crippen molar-refractivity contribution in [1.29, 1.82) is 0 Å². The van der Waals surface area contributed by atoms with Crippen LogP contribution in [0.2, 0.25) is 5.15 Å². The van der Waals surface area contributed by atoms with Crippen LogP contribution in [0.25, 0.3) is 0 Å². The molecule has 3 nitrogen and oxygen atoms in total. The van der Waals surface area contributed by atoms with Gasteiger partial charge in [-0.1, -0.05) is 24.6 Å². The fraction of sp³-hybridized carbons (Fsp3) is 0.308. The summed E-state index contributed by atoms with van der Waals surface area (Å²) < 4.78 is 37.8. The molecule has 0 amide bonds. The summed E-state index contributed by atoms with van der Waals surface area (Å²) in [5.74, 6) is -1.23. The maximum absolute atomic E-state index is 12.6. The van der Waals surface area contributed by atoms with Gasteiger partial charge in [-0.2, -0.15) is 13.2 Å². The number of pyridine rings is 1. The molecule has 0 aliphatic rings. The Bertz CT molecular complexity index is 597. The Hall–Kier alpha value is -1.69. The van der Waals surface area contributed by atoms with E-state index >= 15 is 0 Å². The largest absolute Gasteiger partial charge is 0.451 e. The van der Waals surface area contributed by atoms with Crippen LogP contribution in [-0.4, -0.2) is 15.0 Å². The predicted molar refractivity (Wildman–Crippen MR) is 68.5 cm³/mol. The minimum absolute atomic E-state index is 0.176. The van der Waals surface area contributed by atoms with Crippen LogP contribution in [0.1, 0.15) is 29.7 Å². The van der Waals surface area contributed by atoms with Gasteiger partial charge in [-0.25, -0.2) is 9.97 Å². The average molecular weight is 302 g/mol. The van der Waals surface area contributed by atoms with Crippen molar-refractivity contribution in [2.24, 2.45) is 0 Å². The molecule has 0 N–H and O–H groups in total. The van der Waals surface area contributed by atoms with Gasteiger partial charge in [-0.3, -0.25) is 4.98 Å². The molecule has 2 rings (SSSR count). The Kier molecular flexibility index (Phi) is 4.23. The Morgan fingerprint density at radius 1 is 1.15 bits per heavy atom. The number of hydrogen-bond donors (Lipinski definition) is 0. The van der Waals surface area contributed by atoms with Crippen LogP contribution < -0.4 is 0 Å². The molecule has 0 aliphatic heterocycles. The number of nitrogens with zero attached hydrogens (tertiary/aromatic N) is 3. The number of halogens is 4. The van der Waals surface area contributed by atoms with Crippen LogP contribution >= 0.6 is 11.6 Å². The first-order valence-electron chi connectivity index (χ1n) is 5.93. The number of aromatic nitrogens is 3. The van der Waals surface area contributed by atoms with Gasteiger partial charge in [0.25, 0.3) is 0 Å². The Balaban J connectivity index is 2.26. The summed E-state index contributed by atoms with van der Waals surface area (Å²) in [6.07, 6.45) is -1.89. The number of aryl methyl sites for hydroxylation is 1. The van der Waals surface area contributed by atoms with Crippen LogP contribution in [0.5, 0.6) is 0 Å². The van der Waals surface area contributed by atoms with Crippen molar-refractivity contribution in [2.75, 3.05) is 0 Å². The van der Waals surface area contributed by atoms with Crippen molar-refractivity contribution in [1.82, 2.24) is 15.0 Å². The molecule has 0 unspecified atom stereocenters. The third-order valence-electron chi connectivity index (χ3n) is 2.66. The lowest BCUT2D eigenvalue weighted by Crippen LogP contribution is -2.13. The molecule has 0 radical (unpaired) electrons. The lowest BCUT2D eigenvalue weighted by Gasteiger charge is -2.08. The number of rotatable bonds is 3. The molecule has 106 valence electrons. The molecule has 7 heteroatoms. The highest BCUT2D eigenvalue weighted by Gasteiger charge is 2.35. The third kappa shape index (κ3) is 3.66. The SMILES string of the molecule is CCc1ccc(Cc2cc(Cl)nc(C(F)(F)F)n2)nc1. The van der Waals surface area contributed by atoms with Crippen LogP contribution in [0.4, 0.5) is 13.2 Å². The normalized spacial score (nSPS) is 11.7. The molecule has 2 aromatic heterocycles. The second-order valence-corrected chi connectivity index (χ2v) is 4.58. The first kappa shape index (κ1) is 14.7. The van der Waals surface area contributed by atoms with Crippen molar-refractivity contribution in [3.63, 3.8) is 0 Å².